The van der Waals surface area contributed by atoms with Crippen LogP contribution in [-0.4, -0.2) is 24.1 Å². The van der Waals surface area contributed by atoms with E-state index in [0.29, 0.717) is 29.1 Å². The highest BCUT2D eigenvalue weighted by Gasteiger charge is 2.42. The lowest BCUT2D eigenvalue weighted by Gasteiger charge is -2.24. The number of hydrogen-bond donors (Lipinski definition) is 1. The first-order chi connectivity index (χ1) is 17.7. The van der Waals surface area contributed by atoms with E-state index in [1.54, 1.807) is 6.07 Å². The van der Waals surface area contributed by atoms with E-state index in [-0.39, 0.29) is 16.7 Å². The van der Waals surface area contributed by atoms with Crippen molar-refractivity contribution in [2.24, 2.45) is 0 Å². The minimum absolute atomic E-state index is 0.0587. The molecule has 0 aromatic heterocycles. The monoisotopic (exact) mass is 542 g/mol. The van der Waals surface area contributed by atoms with Gasteiger partial charge in [-0.3, -0.25) is 4.90 Å². The van der Waals surface area contributed by atoms with Gasteiger partial charge in [-0.15, -0.1) is 0 Å². The van der Waals surface area contributed by atoms with Gasteiger partial charge in [0.2, 0.25) is 0 Å². The molecule has 1 saturated heterocycles. The molecule has 1 amide bonds. The number of halogens is 7. The van der Waals surface area contributed by atoms with Crippen LogP contribution in [0.15, 0.2) is 54.6 Å². The van der Waals surface area contributed by atoms with E-state index in [1.165, 1.54) is 32.2 Å². The normalized spacial score (nSPS) is 18.0. The molecule has 0 saturated carbocycles. The lowest BCUT2D eigenvalue weighted by Crippen LogP contribution is -2.31. The van der Waals surface area contributed by atoms with Crippen molar-refractivity contribution < 1.29 is 45.0 Å². The zero-order valence-corrected chi connectivity index (χ0v) is 20.0. The predicted octanol–water partition coefficient (Wildman–Crippen LogP) is 7.20. The highest BCUT2D eigenvalue weighted by atomic mass is 19.4. The standard InChI is InChI=1S/C26H21F7N2O3/c1-13-23(14-7-17(26(31,32)33)10-18(27)9-14)38-24(36)35(13)12-15-8-16(25(28,29)30)3-5-20(15)21-11-19(34)4-6-22(21)37-2/h3-11,13,23H,12,34H2,1-2H3/t13-,23-/m0/s1. The van der Waals surface area contributed by atoms with E-state index in [4.69, 9.17) is 15.2 Å². The summed E-state index contributed by atoms with van der Waals surface area (Å²) in [6, 6.07) is 8.42. The van der Waals surface area contributed by atoms with Crippen molar-refractivity contribution in [2.45, 2.75) is 38.0 Å². The number of hydrogen-bond acceptors (Lipinski definition) is 4. The van der Waals surface area contributed by atoms with Gasteiger partial charge < -0.3 is 15.2 Å². The summed E-state index contributed by atoms with van der Waals surface area (Å²) < 4.78 is 105. The van der Waals surface area contributed by atoms with Gasteiger partial charge in [-0.25, -0.2) is 9.18 Å². The van der Waals surface area contributed by atoms with Crippen LogP contribution in [0.4, 0.5) is 41.2 Å². The Morgan fingerprint density at radius 3 is 2.24 bits per heavy atom. The molecule has 0 spiro atoms. The van der Waals surface area contributed by atoms with Crippen molar-refractivity contribution in [3.05, 3.63) is 82.7 Å². The quantitative estimate of drug-likeness (QED) is 0.274. The molecule has 12 heteroatoms. The summed E-state index contributed by atoms with van der Waals surface area (Å²) in [6.45, 7) is 1.05. The summed E-state index contributed by atoms with van der Waals surface area (Å²) >= 11 is 0. The van der Waals surface area contributed by atoms with Gasteiger partial charge >= 0.3 is 18.4 Å². The lowest BCUT2D eigenvalue weighted by molar-refractivity contribution is -0.138. The second-order valence-electron chi connectivity index (χ2n) is 8.77. The maximum absolute atomic E-state index is 14.0. The fourth-order valence-electron chi connectivity index (χ4n) is 4.38. The molecule has 3 aromatic rings. The van der Waals surface area contributed by atoms with Gasteiger partial charge in [0.15, 0.2) is 0 Å². The number of nitrogens with two attached hydrogens (primary N) is 1. The van der Waals surface area contributed by atoms with Crippen LogP contribution in [0, 0.1) is 5.82 Å². The van der Waals surface area contributed by atoms with Crippen molar-refractivity contribution in [3.63, 3.8) is 0 Å². The van der Waals surface area contributed by atoms with Gasteiger partial charge in [0, 0.05) is 11.3 Å². The summed E-state index contributed by atoms with van der Waals surface area (Å²) in [5, 5.41) is 0. The van der Waals surface area contributed by atoms with Crippen LogP contribution < -0.4 is 10.5 Å². The largest absolute Gasteiger partial charge is 0.496 e. The molecular formula is C26H21F7N2O3. The molecule has 2 atom stereocenters. The highest BCUT2D eigenvalue weighted by molar-refractivity contribution is 5.78. The van der Waals surface area contributed by atoms with E-state index < -0.39 is 54.1 Å². The molecule has 3 aromatic carbocycles. The van der Waals surface area contributed by atoms with E-state index in [9.17, 15) is 35.5 Å². The first-order valence-corrected chi connectivity index (χ1v) is 11.2. The summed E-state index contributed by atoms with van der Waals surface area (Å²) in [5.74, 6) is -0.861. The molecule has 1 fully saturated rings. The van der Waals surface area contributed by atoms with Crippen molar-refractivity contribution in [2.75, 3.05) is 12.8 Å². The number of alkyl halides is 6. The molecule has 0 bridgehead atoms. The molecule has 2 N–H and O–H groups in total. The summed E-state index contributed by atoms with van der Waals surface area (Å²) in [4.78, 5) is 13.8. The number of benzene rings is 3. The van der Waals surface area contributed by atoms with Gasteiger partial charge in [-0.1, -0.05) is 6.07 Å². The lowest BCUT2D eigenvalue weighted by atomic mass is 9.95. The number of nitrogens with zero attached hydrogens (tertiary/aromatic N) is 1. The van der Waals surface area contributed by atoms with Crippen LogP contribution >= 0.6 is 0 Å². The van der Waals surface area contributed by atoms with Crippen LogP contribution in [0.5, 0.6) is 5.75 Å². The Morgan fingerprint density at radius 1 is 0.921 bits per heavy atom. The molecule has 0 unspecified atom stereocenters. The van der Waals surface area contributed by atoms with Crippen LogP contribution in [-0.2, 0) is 23.6 Å². The number of ether oxygens (including phenoxy) is 2. The van der Waals surface area contributed by atoms with Crippen LogP contribution in [0.3, 0.4) is 0 Å². The third-order valence-electron chi connectivity index (χ3n) is 6.25. The van der Waals surface area contributed by atoms with Crippen molar-refractivity contribution in [1.29, 1.82) is 0 Å². The number of carbonyl (C=O) groups excluding carboxylic acids is 1. The van der Waals surface area contributed by atoms with Gasteiger partial charge in [0.05, 0.1) is 30.8 Å². The van der Waals surface area contributed by atoms with Gasteiger partial charge in [-0.05, 0) is 72.1 Å². The number of amides is 1. The van der Waals surface area contributed by atoms with E-state index in [2.05, 4.69) is 0 Å². The Kier molecular flexibility index (Phi) is 6.94. The van der Waals surface area contributed by atoms with Crippen molar-refractivity contribution >= 4 is 11.8 Å². The Bertz CT molecular complexity index is 1370. The molecule has 1 aliphatic heterocycles. The van der Waals surface area contributed by atoms with Crippen LogP contribution in [0.25, 0.3) is 11.1 Å². The third-order valence-corrected chi connectivity index (χ3v) is 6.25. The molecule has 202 valence electrons. The Hall–Kier alpha value is -3.96. The number of carbonyl (C=O) groups is 1. The van der Waals surface area contributed by atoms with Crippen molar-refractivity contribution in [1.82, 2.24) is 4.90 Å². The number of anilines is 1. The highest BCUT2D eigenvalue weighted by Crippen LogP contribution is 2.41. The molecule has 1 aliphatic rings. The minimum Gasteiger partial charge on any atom is -0.496 e. The smallest absolute Gasteiger partial charge is 0.416 e. The second-order valence-corrected chi connectivity index (χ2v) is 8.77. The molecule has 38 heavy (non-hydrogen) atoms. The number of nitrogen functional groups attached to an aromatic ring is 1. The Labute approximate surface area is 212 Å². The average molecular weight is 542 g/mol. The molecule has 4 rings (SSSR count). The molecule has 0 aliphatic carbocycles. The van der Waals surface area contributed by atoms with Crippen LogP contribution in [0.1, 0.15) is 35.3 Å². The number of rotatable bonds is 5. The Morgan fingerprint density at radius 2 is 1.61 bits per heavy atom. The first-order valence-electron chi connectivity index (χ1n) is 11.2. The van der Waals surface area contributed by atoms with Gasteiger partial charge in [0.25, 0.3) is 0 Å². The molecular weight excluding hydrogens is 521 g/mol. The minimum atomic E-state index is -4.84. The molecule has 5 nitrogen and oxygen atoms in total. The summed E-state index contributed by atoms with van der Waals surface area (Å²) in [6.07, 6.45) is -11.8. The summed E-state index contributed by atoms with van der Waals surface area (Å²) in [5.41, 5.74) is 4.44. The van der Waals surface area contributed by atoms with E-state index >= 15 is 0 Å². The maximum atomic E-state index is 14.0. The average Bonchev–Trinajstić information content (AvgIpc) is 3.11. The first kappa shape index (κ1) is 27.1. The SMILES string of the molecule is COc1ccc(N)cc1-c1ccc(C(F)(F)F)cc1CN1C(=O)O[C@H](c2cc(F)cc(C(F)(F)F)c2)[C@@H]1C. The number of cyclic esters (lactones) is 1. The fourth-order valence-corrected chi connectivity index (χ4v) is 4.38. The number of methoxy groups -OCH3 is 1. The van der Waals surface area contributed by atoms with E-state index in [1.807, 2.05) is 0 Å². The van der Waals surface area contributed by atoms with Gasteiger partial charge in [-0.2, -0.15) is 26.3 Å². The zero-order chi connectivity index (χ0) is 28.0. The summed E-state index contributed by atoms with van der Waals surface area (Å²) in [7, 11) is 1.37. The van der Waals surface area contributed by atoms with Gasteiger partial charge in [0.1, 0.15) is 17.7 Å². The molecule has 1 heterocycles. The van der Waals surface area contributed by atoms with Crippen molar-refractivity contribution in [3.8, 4) is 16.9 Å². The van der Waals surface area contributed by atoms with Crippen LogP contribution in [0.2, 0.25) is 0 Å². The molecule has 0 radical (unpaired) electrons. The topological polar surface area (TPSA) is 64.8 Å². The predicted molar refractivity (Wildman–Crippen MR) is 123 cm³/mol. The zero-order valence-electron chi connectivity index (χ0n) is 20.0. The fraction of sp³-hybridized carbons (Fsp3) is 0.269. The maximum Gasteiger partial charge on any atom is 0.416 e. The third kappa shape index (κ3) is 5.34. The van der Waals surface area contributed by atoms with E-state index in [0.717, 1.165) is 23.1 Å². The Balaban J connectivity index is 1.75. The second kappa shape index (κ2) is 9.73.